The molecule has 1 aromatic heterocycles. The number of hydrogen-bond donors (Lipinski definition) is 0. The lowest BCUT2D eigenvalue weighted by atomic mass is 10.1. The zero-order valence-corrected chi connectivity index (χ0v) is 20.8. The Hall–Kier alpha value is -2.48. The van der Waals surface area contributed by atoms with Crippen LogP contribution < -0.4 is 9.64 Å². The first kappa shape index (κ1) is 23.7. The third-order valence-corrected chi connectivity index (χ3v) is 7.03. The highest BCUT2D eigenvalue weighted by Crippen LogP contribution is 2.33. The third-order valence-electron chi connectivity index (χ3n) is 5.98. The fourth-order valence-corrected chi connectivity index (χ4v) is 5.04. The molecule has 1 aliphatic heterocycles. The monoisotopic (exact) mass is 467 g/mol. The molecular weight excluding hydrogens is 434 g/mol. The first-order valence-electron chi connectivity index (χ1n) is 11.7. The third kappa shape index (κ3) is 5.72. The molecule has 176 valence electrons. The predicted octanol–water partition coefficient (Wildman–Crippen LogP) is 5.07. The Morgan fingerprint density at radius 2 is 1.88 bits per heavy atom. The topological polar surface area (TPSA) is 54.9 Å². The highest BCUT2D eigenvalue weighted by Gasteiger charge is 2.22. The molecule has 0 aliphatic carbocycles. The Labute approximate surface area is 200 Å². The van der Waals surface area contributed by atoms with Gasteiger partial charge in [0.05, 0.1) is 29.5 Å². The zero-order valence-electron chi connectivity index (χ0n) is 20.0. The van der Waals surface area contributed by atoms with Gasteiger partial charge in [-0.3, -0.25) is 14.6 Å². The van der Waals surface area contributed by atoms with Crippen LogP contribution in [-0.2, 0) is 4.74 Å². The SMILES string of the molecule is Cc1ccc2sc(N(CCCN3CCOCC3)C(=O)c3ccc(OC(C)C)cc3)nc2c1C. The number of aromatic nitrogens is 1. The van der Waals surface area contributed by atoms with Crippen molar-refractivity contribution in [2.45, 2.75) is 40.2 Å². The highest BCUT2D eigenvalue weighted by atomic mass is 32.1. The summed E-state index contributed by atoms with van der Waals surface area (Å²) < 4.78 is 12.3. The Balaban J connectivity index is 1.57. The van der Waals surface area contributed by atoms with E-state index in [9.17, 15) is 4.79 Å². The van der Waals surface area contributed by atoms with Crippen molar-refractivity contribution in [3.05, 3.63) is 53.1 Å². The van der Waals surface area contributed by atoms with E-state index in [4.69, 9.17) is 14.5 Å². The van der Waals surface area contributed by atoms with E-state index >= 15 is 0 Å². The van der Waals surface area contributed by atoms with E-state index in [1.54, 1.807) is 11.3 Å². The summed E-state index contributed by atoms with van der Waals surface area (Å²) in [6.07, 6.45) is 0.978. The van der Waals surface area contributed by atoms with Gasteiger partial charge in [-0.1, -0.05) is 17.4 Å². The minimum Gasteiger partial charge on any atom is -0.491 e. The number of carbonyl (C=O) groups is 1. The van der Waals surface area contributed by atoms with E-state index in [-0.39, 0.29) is 12.0 Å². The number of anilines is 1. The van der Waals surface area contributed by atoms with Gasteiger partial charge in [0.1, 0.15) is 5.75 Å². The summed E-state index contributed by atoms with van der Waals surface area (Å²) >= 11 is 1.58. The summed E-state index contributed by atoms with van der Waals surface area (Å²) in [5.74, 6) is 0.744. The van der Waals surface area contributed by atoms with Crippen molar-refractivity contribution < 1.29 is 14.3 Å². The molecule has 2 heterocycles. The number of fused-ring (bicyclic) bond motifs is 1. The molecule has 0 bridgehead atoms. The predicted molar refractivity (Wildman–Crippen MR) is 135 cm³/mol. The van der Waals surface area contributed by atoms with Crippen molar-refractivity contribution >= 4 is 32.6 Å². The van der Waals surface area contributed by atoms with Gasteiger partial charge in [0.2, 0.25) is 0 Å². The molecule has 0 N–H and O–H groups in total. The molecule has 33 heavy (non-hydrogen) atoms. The van der Waals surface area contributed by atoms with Crippen molar-refractivity contribution in [2.24, 2.45) is 0 Å². The molecule has 2 aromatic carbocycles. The number of benzene rings is 2. The van der Waals surface area contributed by atoms with Crippen LogP contribution in [-0.4, -0.2) is 61.3 Å². The van der Waals surface area contributed by atoms with Gasteiger partial charge in [-0.15, -0.1) is 0 Å². The molecule has 1 aliphatic rings. The van der Waals surface area contributed by atoms with Crippen molar-refractivity contribution in [2.75, 3.05) is 44.3 Å². The van der Waals surface area contributed by atoms with Crippen LogP contribution in [0, 0.1) is 13.8 Å². The number of rotatable bonds is 8. The van der Waals surface area contributed by atoms with Gasteiger partial charge in [-0.05, 0) is 75.6 Å². The molecule has 1 fully saturated rings. The van der Waals surface area contributed by atoms with Crippen molar-refractivity contribution in [1.82, 2.24) is 9.88 Å². The standard InChI is InChI=1S/C26H33N3O3S/c1-18(2)32-22-9-7-21(8-10-22)25(30)29(13-5-12-28-14-16-31-17-15-28)26-27-24-20(4)19(3)6-11-23(24)33-26/h6-11,18H,5,12-17H2,1-4H3. The molecule has 4 rings (SSSR count). The van der Waals surface area contributed by atoms with E-state index < -0.39 is 0 Å². The normalized spacial score (nSPS) is 14.7. The number of aryl methyl sites for hydroxylation is 2. The Morgan fingerprint density at radius 3 is 2.58 bits per heavy atom. The molecule has 0 atom stereocenters. The summed E-state index contributed by atoms with van der Waals surface area (Å²) in [5.41, 5.74) is 4.02. The zero-order chi connectivity index (χ0) is 23.4. The fraction of sp³-hybridized carbons (Fsp3) is 0.462. The van der Waals surface area contributed by atoms with E-state index in [2.05, 4.69) is 30.9 Å². The van der Waals surface area contributed by atoms with E-state index in [0.29, 0.717) is 12.1 Å². The molecule has 0 unspecified atom stereocenters. The number of amides is 1. The summed E-state index contributed by atoms with van der Waals surface area (Å²) in [5, 5.41) is 0.758. The van der Waals surface area contributed by atoms with Crippen LogP contribution in [0.15, 0.2) is 36.4 Å². The van der Waals surface area contributed by atoms with Crippen LogP contribution in [0.1, 0.15) is 41.8 Å². The molecule has 7 heteroatoms. The Bertz CT molecular complexity index is 1090. The van der Waals surface area contributed by atoms with E-state index in [0.717, 1.165) is 60.4 Å². The highest BCUT2D eigenvalue weighted by molar-refractivity contribution is 7.22. The molecule has 0 saturated carbocycles. The Kier molecular flexibility index (Phi) is 7.63. The maximum absolute atomic E-state index is 13.6. The summed E-state index contributed by atoms with van der Waals surface area (Å²) in [4.78, 5) is 22.8. The average Bonchev–Trinajstić information content (AvgIpc) is 3.24. The van der Waals surface area contributed by atoms with Gasteiger partial charge in [-0.2, -0.15) is 0 Å². The second-order valence-corrected chi connectivity index (χ2v) is 9.82. The van der Waals surface area contributed by atoms with E-state index in [1.165, 1.54) is 11.1 Å². The van der Waals surface area contributed by atoms with Gasteiger partial charge in [0.25, 0.3) is 5.91 Å². The minimum atomic E-state index is -0.0264. The average molecular weight is 468 g/mol. The molecular formula is C26H33N3O3S. The molecule has 1 saturated heterocycles. The van der Waals surface area contributed by atoms with Crippen LogP contribution in [0.2, 0.25) is 0 Å². The first-order chi connectivity index (χ1) is 15.9. The van der Waals surface area contributed by atoms with Crippen LogP contribution in [0.4, 0.5) is 5.13 Å². The van der Waals surface area contributed by atoms with Crippen molar-refractivity contribution in [3.8, 4) is 5.75 Å². The van der Waals surface area contributed by atoms with E-state index in [1.807, 2.05) is 43.0 Å². The lowest BCUT2D eigenvalue weighted by Crippen LogP contribution is -2.39. The van der Waals surface area contributed by atoms with Crippen LogP contribution in [0.5, 0.6) is 5.75 Å². The fourth-order valence-electron chi connectivity index (χ4n) is 4.00. The number of thiazole rings is 1. The second-order valence-electron chi connectivity index (χ2n) is 8.81. The number of hydrogen-bond acceptors (Lipinski definition) is 6. The van der Waals surface area contributed by atoms with Gasteiger partial charge in [0.15, 0.2) is 5.13 Å². The van der Waals surface area contributed by atoms with Crippen molar-refractivity contribution in [3.63, 3.8) is 0 Å². The summed E-state index contributed by atoms with van der Waals surface area (Å²) in [7, 11) is 0. The summed E-state index contributed by atoms with van der Waals surface area (Å²) in [6, 6.07) is 11.6. The Morgan fingerprint density at radius 1 is 1.15 bits per heavy atom. The second kappa shape index (κ2) is 10.6. The largest absolute Gasteiger partial charge is 0.491 e. The molecule has 3 aromatic rings. The van der Waals surface area contributed by atoms with Gasteiger partial charge < -0.3 is 9.47 Å². The van der Waals surface area contributed by atoms with Gasteiger partial charge in [-0.25, -0.2) is 4.98 Å². The van der Waals surface area contributed by atoms with Crippen LogP contribution >= 0.6 is 11.3 Å². The lowest BCUT2D eigenvalue weighted by Gasteiger charge is -2.27. The molecule has 0 spiro atoms. The molecule has 0 radical (unpaired) electrons. The van der Waals surface area contributed by atoms with Crippen molar-refractivity contribution in [1.29, 1.82) is 0 Å². The number of carbonyl (C=O) groups excluding carboxylic acids is 1. The minimum absolute atomic E-state index is 0.0264. The van der Waals surface area contributed by atoms with Gasteiger partial charge in [0, 0.05) is 31.7 Å². The molecule has 1 amide bonds. The smallest absolute Gasteiger partial charge is 0.260 e. The number of morpholine rings is 1. The maximum atomic E-state index is 13.6. The number of nitrogens with zero attached hydrogens (tertiary/aromatic N) is 3. The quantitative estimate of drug-likeness (QED) is 0.463. The lowest BCUT2D eigenvalue weighted by molar-refractivity contribution is 0.0376. The number of ether oxygens (including phenoxy) is 2. The van der Waals surface area contributed by atoms with Crippen LogP contribution in [0.3, 0.4) is 0 Å². The van der Waals surface area contributed by atoms with Gasteiger partial charge >= 0.3 is 0 Å². The first-order valence-corrected chi connectivity index (χ1v) is 12.5. The molecule has 6 nitrogen and oxygen atoms in total. The summed E-state index contributed by atoms with van der Waals surface area (Å²) in [6.45, 7) is 13.2. The maximum Gasteiger partial charge on any atom is 0.260 e. The van der Waals surface area contributed by atoms with Crippen LogP contribution in [0.25, 0.3) is 10.2 Å².